The first-order valence-corrected chi connectivity index (χ1v) is 20.2. The number of hydrogen-bond donors (Lipinski definition) is 2. The van der Waals surface area contributed by atoms with Crippen LogP contribution in [0.5, 0.6) is 5.75 Å². The number of carbonyl (C=O) groups is 4. The standard InChI is InChI=1S/C25H21ClN2O3.C23H17Cl2N3O2/c1-16-23(24(29)25(30)27-19-6-5-7-20(14-19)31-2)21-8-3-4-9-22(21)28(16)15-17-10-12-18(26)13-11-17;1-14-21(22(29)23(30)27-17-10-11-26-20(25)12-17)18-4-2-3-5-19(18)28(14)13-15-6-8-16(24)9-7-15/h3-14H,15H2,1-2H3,(H,27,30);2-12H,13H2,1H3,(H,26,27,30). The molecule has 8 rings (SSSR count). The molecule has 0 spiro atoms. The van der Waals surface area contributed by atoms with Crippen molar-refractivity contribution < 1.29 is 23.9 Å². The highest BCUT2D eigenvalue weighted by Crippen LogP contribution is 2.30. The Balaban J connectivity index is 0.000000184. The maximum absolute atomic E-state index is 13.2. The fraction of sp³-hybridized carbons (Fsp3) is 0.104. The summed E-state index contributed by atoms with van der Waals surface area (Å²) in [5.41, 5.74) is 7.03. The first-order chi connectivity index (χ1) is 29.4. The molecule has 61 heavy (non-hydrogen) atoms. The topological polar surface area (TPSA) is 124 Å². The highest BCUT2D eigenvalue weighted by atomic mass is 35.5. The van der Waals surface area contributed by atoms with Crippen LogP contribution in [-0.2, 0) is 22.7 Å². The molecule has 0 radical (unpaired) electrons. The summed E-state index contributed by atoms with van der Waals surface area (Å²) in [6.45, 7) is 4.83. The van der Waals surface area contributed by atoms with Crippen LogP contribution in [0.25, 0.3) is 21.8 Å². The zero-order valence-electron chi connectivity index (χ0n) is 33.2. The van der Waals surface area contributed by atoms with Gasteiger partial charge in [-0.15, -0.1) is 0 Å². The average Bonchev–Trinajstić information content (AvgIpc) is 3.70. The summed E-state index contributed by atoms with van der Waals surface area (Å²) in [7, 11) is 1.55. The number of nitrogens with one attached hydrogen (secondary N) is 2. The maximum Gasteiger partial charge on any atom is 0.296 e. The number of carbonyl (C=O) groups excluding carboxylic acids is 4. The van der Waals surface area contributed by atoms with Crippen molar-refractivity contribution in [2.24, 2.45) is 0 Å². The predicted octanol–water partition coefficient (Wildman–Crippen LogP) is 11.0. The number of anilines is 2. The third-order valence-electron chi connectivity index (χ3n) is 10.1. The van der Waals surface area contributed by atoms with Crippen LogP contribution in [0.3, 0.4) is 0 Å². The Bertz CT molecular complexity index is 2940. The molecule has 8 aromatic rings. The average molecular weight is 871 g/mol. The van der Waals surface area contributed by atoms with Crippen LogP contribution in [0, 0.1) is 13.8 Å². The van der Waals surface area contributed by atoms with Crippen LogP contribution in [0.4, 0.5) is 11.4 Å². The van der Waals surface area contributed by atoms with Gasteiger partial charge in [0.05, 0.1) is 18.2 Å². The van der Waals surface area contributed by atoms with Crippen molar-refractivity contribution in [3.05, 3.63) is 188 Å². The van der Waals surface area contributed by atoms with Crippen LogP contribution < -0.4 is 15.4 Å². The number of hydrogen-bond acceptors (Lipinski definition) is 6. The fourth-order valence-corrected chi connectivity index (χ4v) is 7.60. The van der Waals surface area contributed by atoms with Gasteiger partial charge >= 0.3 is 0 Å². The lowest BCUT2D eigenvalue weighted by Crippen LogP contribution is -2.23. The van der Waals surface area contributed by atoms with Gasteiger partial charge in [0.2, 0.25) is 0 Å². The zero-order chi connectivity index (χ0) is 43.2. The van der Waals surface area contributed by atoms with E-state index < -0.39 is 23.4 Å². The zero-order valence-corrected chi connectivity index (χ0v) is 35.5. The lowest BCUT2D eigenvalue weighted by atomic mass is 10.1. The molecule has 10 nitrogen and oxygen atoms in total. The summed E-state index contributed by atoms with van der Waals surface area (Å²) < 4.78 is 9.25. The number of nitrogens with zero attached hydrogens (tertiary/aromatic N) is 3. The maximum atomic E-state index is 13.2. The van der Waals surface area contributed by atoms with Crippen LogP contribution in [-0.4, -0.2) is 44.6 Å². The Hall–Kier alpha value is -6.72. The summed E-state index contributed by atoms with van der Waals surface area (Å²) in [6.07, 6.45) is 1.46. The van der Waals surface area contributed by atoms with Gasteiger partial charge in [0, 0.05) is 80.0 Å². The first kappa shape index (κ1) is 42.4. The number of ether oxygens (including phenoxy) is 1. The van der Waals surface area contributed by atoms with Crippen LogP contribution >= 0.6 is 34.8 Å². The van der Waals surface area contributed by atoms with Crippen molar-refractivity contribution in [1.29, 1.82) is 0 Å². The van der Waals surface area contributed by atoms with Gasteiger partial charge in [0.1, 0.15) is 10.9 Å². The molecule has 0 aliphatic heterocycles. The number of aromatic nitrogens is 3. The molecule has 0 unspecified atom stereocenters. The van der Waals surface area contributed by atoms with Crippen molar-refractivity contribution in [3.63, 3.8) is 0 Å². The summed E-state index contributed by atoms with van der Waals surface area (Å²) in [6, 6.07) is 40.3. The minimum absolute atomic E-state index is 0.232. The van der Waals surface area contributed by atoms with Crippen LogP contribution in [0.2, 0.25) is 15.2 Å². The third-order valence-corrected chi connectivity index (χ3v) is 10.9. The normalized spacial score (nSPS) is 10.9. The highest BCUT2D eigenvalue weighted by molar-refractivity contribution is 6.49. The molecule has 13 heteroatoms. The van der Waals surface area contributed by atoms with Gasteiger partial charge in [-0.1, -0.05) is 102 Å². The molecule has 2 N–H and O–H groups in total. The lowest BCUT2D eigenvalue weighted by Gasteiger charge is -2.09. The number of benzene rings is 5. The van der Waals surface area contributed by atoms with Gasteiger partial charge in [-0.05, 0) is 85.6 Å². The smallest absolute Gasteiger partial charge is 0.296 e. The van der Waals surface area contributed by atoms with E-state index in [0.717, 1.165) is 44.3 Å². The molecule has 3 heterocycles. The fourth-order valence-electron chi connectivity index (χ4n) is 7.17. The Morgan fingerprint density at radius 3 is 1.49 bits per heavy atom. The number of pyridine rings is 1. The van der Waals surface area contributed by atoms with E-state index in [9.17, 15) is 19.2 Å². The summed E-state index contributed by atoms with van der Waals surface area (Å²) in [5.74, 6) is -2.00. The molecule has 2 amide bonds. The number of rotatable bonds is 11. The Kier molecular flexibility index (Phi) is 13.0. The second-order valence-electron chi connectivity index (χ2n) is 14.0. The number of methoxy groups -OCH3 is 1. The Morgan fingerprint density at radius 1 is 0.574 bits per heavy atom. The lowest BCUT2D eigenvalue weighted by molar-refractivity contribution is -0.113. The van der Waals surface area contributed by atoms with Crippen molar-refractivity contribution in [3.8, 4) is 5.75 Å². The molecule has 5 aromatic carbocycles. The molecule has 0 fully saturated rings. The second kappa shape index (κ2) is 18.7. The number of Topliss-reactive ketones (excluding diaryl/α,β-unsaturated/α-hetero) is 2. The molecule has 0 bridgehead atoms. The quantitative estimate of drug-likeness (QED) is 0.0758. The number of ketones is 2. The minimum Gasteiger partial charge on any atom is -0.497 e. The summed E-state index contributed by atoms with van der Waals surface area (Å²) >= 11 is 17.9. The van der Waals surface area contributed by atoms with Gasteiger partial charge in [-0.25, -0.2) is 4.98 Å². The number of halogens is 3. The number of fused-ring (bicyclic) bond motifs is 2. The van der Waals surface area contributed by atoms with E-state index in [1.807, 2.05) is 120 Å². The van der Waals surface area contributed by atoms with E-state index in [4.69, 9.17) is 39.5 Å². The van der Waals surface area contributed by atoms with Gasteiger partial charge in [0.25, 0.3) is 23.4 Å². The monoisotopic (exact) mass is 869 g/mol. The van der Waals surface area contributed by atoms with E-state index >= 15 is 0 Å². The molecule has 306 valence electrons. The molecule has 0 saturated carbocycles. The van der Waals surface area contributed by atoms with Gasteiger partial charge in [-0.2, -0.15) is 0 Å². The molecule has 0 saturated heterocycles. The number of amides is 2. The van der Waals surface area contributed by atoms with Crippen molar-refractivity contribution in [2.45, 2.75) is 26.9 Å². The van der Waals surface area contributed by atoms with Gasteiger partial charge < -0.3 is 24.5 Å². The Morgan fingerprint density at radius 2 is 1.03 bits per heavy atom. The summed E-state index contributed by atoms with van der Waals surface area (Å²) in [4.78, 5) is 55.6. The second-order valence-corrected chi connectivity index (χ2v) is 15.3. The van der Waals surface area contributed by atoms with E-state index in [1.54, 1.807) is 37.4 Å². The van der Waals surface area contributed by atoms with Crippen LogP contribution in [0.1, 0.15) is 43.2 Å². The van der Waals surface area contributed by atoms with Crippen molar-refractivity contribution in [1.82, 2.24) is 14.1 Å². The SMILES string of the molecule is COc1cccc(NC(=O)C(=O)c2c(C)n(Cc3ccc(Cl)cc3)c3ccccc23)c1.Cc1c(C(=O)C(=O)Nc2ccnc(Cl)c2)c2ccccc2n1Cc1ccc(Cl)cc1. The molecule has 3 aromatic heterocycles. The van der Waals surface area contributed by atoms with E-state index in [2.05, 4.69) is 15.6 Å². The number of para-hydroxylation sites is 2. The van der Waals surface area contributed by atoms with Gasteiger partial charge in [0.15, 0.2) is 0 Å². The molecular weight excluding hydrogens is 833 g/mol. The third kappa shape index (κ3) is 9.53. The molecular formula is C48H38Cl3N5O5. The predicted molar refractivity (Wildman–Crippen MR) is 243 cm³/mol. The summed E-state index contributed by atoms with van der Waals surface area (Å²) in [5, 5.41) is 8.33. The van der Waals surface area contributed by atoms with E-state index in [1.165, 1.54) is 12.3 Å². The van der Waals surface area contributed by atoms with E-state index in [0.29, 0.717) is 51.4 Å². The van der Waals surface area contributed by atoms with Crippen molar-refractivity contribution in [2.75, 3.05) is 17.7 Å². The van der Waals surface area contributed by atoms with Crippen LogP contribution in [0.15, 0.2) is 140 Å². The van der Waals surface area contributed by atoms with Gasteiger partial charge in [-0.3, -0.25) is 19.2 Å². The Labute approximate surface area is 366 Å². The highest BCUT2D eigenvalue weighted by Gasteiger charge is 2.27. The molecule has 0 aliphatic carbocycles. The van der Waals surface area contributed by atoms with E-state index in [-0.39, 0.29) is 5.15 Å². The molecule has 0 atom stereocenters. The molecule has 0 aliphatic rings. The first-order valence-electron chi connectivity index (χ1n) is 19.0. The van der Waals surface area contributed by atoms with Crippen molar-refractivity contribution >= 4 is 91.4 Å². The largest absolute Gasteiger partial charge is 0.497 e. The minimum atomic E-state index is -0.727.